The summed E-state index contributed by atoms with van der Waals surface area (Å²) in [6, 6.07) is 3.30. The molecule has 1 aromatic rings. The lowest BCUT2D eigenvalue weighted by Crippen LogP contribution is -2.30. The Morgan fingerprint density at radius 1 is 1.31 bits per heavy atom. The molecule has 0 saturated carbocycles. The Morgan fingerprint density at radius 2 is 1.94 bits per heavy atom. The number of benzene rings is 1. The van der Waals surface area contributed by atoms with Crippen LogP contribution in [0.1, 0.15) is 27.2 Å². The molecule has 0 aromatic heterocycles. The van der Waals surface area contributed by atoms with Crippen molar-refractivity contribution in [3.63, 3.8) is 0 Å². The number of carbonyl (C=O) groups is 1. The van der Waals surface area contributed by atoms with Crippen molar-refractivity contribution in [3.8, 4) is 5.75 Å². The van der Waals surface area contributed by atoms with E-state index in [0.717, 1.165) is 12.1 Å². The number of hydrogen-bond donors (Lipinski definition) is 0. The van der Waals surface area contributed by atoms with Crippen molar-refractivity contribution in [2.75, 3.05) is 0 Å². The number of rotatable bonds is 4. The van der Waals surface area contributed by atoms with Gasteiger partial charge in [0.25, 0.3) is 0 Å². The maximum atomic E-state index is 12.9. The third-order valence-electron chi connectivity index (χ3n) is 1.96. The van der Waals surface area contributed by atoms with E-state index in [0.29, 0.717) is 0 Å². The van der Waals surface area contributed by atoms with Crippen LogP contribution in [0.2, 0.25) is 0 Å². The fourth-order valence-corrected chi connectivity index (χ4v) is 1.49. The Bertz CT molecular complexity index is 400. The Balaban J connectivity index is 2.79. The first-order valence-corrected chi connectivity index (χ1v) is 4.94. The van der Waals surface area contributed by atoms with Crippen LogP contribution in [0, 0.1) is 11.6 Å². The lowest BCUT2D eigenvalue weighted by Gasteiger charge is -2.25. The van der Waals surface area contributed by atoms with Gasteiger partial charge in [0, 0.05) is 12.5 Å². The fourth-order valence-electron chi connectivity index (χ4n) is 1.49. The largest absolute Gasteiger partial charge is 0.487 e. The van der Waals surface area contributed by atoms with E-state index < -0.39 is 17.2 Å². The molecule has 0 saturated heterocycles. The van der Waals surface area contributed by atoms with Crippen molar-refractivity contribution in [2.45, 2.75) is 32.8 Å². The van der Waals surface area contributed by atoms with Gasteiger partial charge in [-0.2, -0.15) is 0 Å². The normalized spacial score (nSPS) is 11.3. The molecule has 0 heterocycles. The highest BCUT2D eigenvalue weighted by atomic mass is 19.2. The van der Waals surface area contributed by atoms with Gasteiger partial charge in [0.05, 0.1) is 0 Å². The second-order valence-corrected chi connectivity index (χ2v) is 4.32. The Kier molecular flexibility index (Phi) is 3.62. The van der Waals surface area contributed by atoms with Crippen molar-refractivity contribution >= 4 is 5.78 Å². The summed E-state index contributed by atoms with van der Waals surface area (Å²) in [6.07, 6.45) is 0.214. The monoisotopic (exact) mass is 228 g/mol. The summed E-state index contributed by atoms with van der Waals surface area (Å²) in [7, 11) is 0. The third kappa shape index (κ3) is 3.61. The average molecular weight is 228 g/mol. The van der Waals surface area contributed by atoms with Crippen LogP contribution >= 0.6 is 0 Å². The van der Waals surface area contributed by atoms with Crippen LogP contribution < -0.4 is 4.74 Å². The highest BCUT2D eigenvalue weighted by molar-refractivity contribution is 5.76. The van der Waals surface area contributed by atoms with Crippen molar-refractivity contribution in [3.05, 3.63) is 29.8 Å². The summed E-state index contributed by atoms with van der Waals surface area (Å²) in [5.41, 5.74) is -0.726. The molecular formula is C12H14F2O2. The molecule has 2 nitrogen and oxygen atoms in total. The molecule has 0 fully saturated rings. The van der Waals surface area contributed by atoms with Gasteiger partial charge in [-0.25, -0.2) is 8.78 Å². The zero-order valence-electron chi connectivity index (χ0n) is 9.51. The predicted molar refractivity (Wildman–Crippen MR) is 56.4 cm³/mol. The number of ether oxygens (including phenoxy) is 1. The molecule has 0 radical (unpaired) electrons. The molecule has 88 valence electrons. The molecule has 0 bridgehead atoms. The molecule has 0 atom stereocenters. The second kappa shape index (κ2) is 4.60. The molecule has 0 spiro atoms. The minimum Gasteiger partial charge on any atom is -0.487 e. The van der Waals surface area contributed by atoms with Crippen molar-refractivity contribution in [2.24, 2.45) is 0 Å². The van der Waals surface area contributed by atoms with E-state index >= 15 is 0 Å². The van der Waals surface area contributed by atoms with E-state index in [1.54, 1.807) is 13.8 Å². The summed E-state index contributed by atoms with van der Waals surface area (Å²) >= 11 is 0. The SMILES string of the molecule is CC(=O)CC(C)(C)Oc1ccc(F)c(F)c1. The number of ketones is 1. The van der Waals surface area contributed by atoms with Gasteiger partial charge >= 0.3 is 0 Å². The Hall–Kier alpha value is -1.45. The zero-order chi connectivity index (χ0) is 12.3. The van der Waals surface area contributed by atoms with E-state index in [1.165, 1.54) is 13.0 Å². The van der Waals surface area contributed by atoms with Crippen LogP contribution in [-0.2, 0) is 4.79 Å². The van der Waals surface area contributed by atoms with E-state index in [9.17, 15) is 13.6 Å². The van der Waals surface area contributed by atoms with Gasteiger partial charge in [0.15, 0.2) is 11.6 Å². The van der Waals surface area contributed by atoms with Crippen molar-refractivity contribution in [1.82, 2.24) is 0 Å². The number of halogens is 2. The minimum atomic E-state index is -0.962. The van der Waals surface area contributed by atoms with Gasteiger partial charge < -0.3 is 4.74 Å². The van der Waals surface area contributed by atoms with Gasteiger partial charge in [-0.1, -0.05) is 0 Å². The molecule has 0 aliphatic heterocycles. The molecule has 0 aliphatic rings. The van der Waals surface area contributed by atoms with E-state index in [2.05, 4.69) is 0 Å². The van der Waals surface area contributed by atoms with Crippen molar-refractivity contribution in [1.29, 1.82) is 0 Å². The number of Topliss-reactive ketones (excluding diaryl/α,β-unsaturated/α-hetero) is 1. The van der Waals surface area contributed by atoms with E-state index in [4.69, 9.17) is 4.74 Å². The first-order chi connectivity index (χ1) is 7.30. The summed E-state index contributed by atoms with van der Waals surface area (Å²) < 4.78 is 31.0. The fraction of sp³-hybridized carbons (Fsp3) is 0.417. The van der Waals surface area contributed by atoms with Crippen LogP contribution in [0.3, 0.4) is 0 Å². The predicted octanol–water partition coefficient (Wildman–Crippen LogP) is 3.10. The lowest BCUT2D eigenvalue weighted by atomic mass is 10.0. The third-order valence-corrected chi connectivity index (χ3v) is 1.96. The van der Waals surface area contributed by atoms with E-state index in [1.807, 2.05) is 0 Å². The minimum absolute atomic E-state index is 0.0208. The van der Waals surface area contributed by atoms with E-state index in [-0.39, 0.29) is 18.0 Å². The topological polar surface area (TPSA) is 26.3 Å². The van der Waals surface area contributed by atoms with Crippen LogP contribution in [0.15, 0.2) is 18.2 Å². The maximum absolute atomic E-state index is 12.9. The number of hydrogen-bond acceptors (Lipinski definition) is 2. The van der Waals surface area contributed by atoms with Crippen LogP contribution in [0.4, 0.5) is 8.78 Å². The molecule has 16 heavy (non-hydrogen) atoms. The second-order valence-electron chi connectivity index (χ2n) is 4.32. The molecule has 0 unspecified atom stereocenters. The maximum Gasteiger partial charge on any atom is 0.162 e. The Morgan fingerprint density at radius 3 is 2.44 bits per heavy atom. The highest BCUT2D eigenvalue weighted by Gasteiger charge is 2.22. The molecule has 1 aromatic carbocycles. The molecule has 4 heteroatoms. The Labute approximate surface area is 93.2 Å². The molecule has 0 N–H and O–H groups in total. The zero-order valence-corrected chi connectivity index (χ0v) is 9.51. The first-order valence-electron chi connectivity index (χ1n) is 4.94. The van der Waals surface area contributed by atoms with Crippen LogP contribution in [-0.4, -0.2) is 11.4 Å². The quantitative estimate of drug-likeness (QED) is 0.791. The standard InChI is InChI=1S/C12H14F2O2/c1-8(15)7-12(2,3)16-9-4-5-10(13)11(14)6-9/h4-6H,7H2,1-3H3. The van der Waals surface area contributed by atoms with Gasteiger partial charge in [-0.05, 0) is 32.9 Å². The lowest BCUT2D eigenvalue weighted by molar-refractivity contribution is -0.120. The summed E-state index contributed by atoms with van der Waals surface area (Å²) in [4.78, 5) is 11.0. The van der Waals surface area contributed by atoms with Gasteiger partial charge in [-0.15, -0.1) is 0 Å². The molecule has 1 rings (SSSR count). The van der Waals surface area contributed by atoms with Gasteiger partial charge in [0.1, 0.15) is 17.1 Å². The van der Waals surface area contributed by atoms with Crippen molar-refractivity contribution < 1.29 is 18.3 Å². The summed E-state index contributed by atoms with van der Waals surface area (Å²) in [5, 5.41) is 0. The summed E-state index contributed by atoms with van der Waals surface area (Å²) in [6.45, 7) is 4.89. The molecule has 0 aliphatic carbocycles. The highest BCUT2D eigenvalue weighted by Crippen LogP contribution is 2.23. The van der Waals surface area contributed by atoms with Gasteiger partial charge in [0.2, 0.25) is 0 Å². The summed E-state index contributed by atoms with van der Waals surface area (Å²) in [5.74, 6) is -1.69. The molecular weight excluding hydrogens is 214 g/mol. The average Bonchev–Trinajstić information content (AvgIpc) is 2.08. The molecule has 0 amide bonds. The first kappa shape index (κ1) is 12.6. The van der Waals surface area contributed by atoms with Gasteiger partial charge in [-0.3, -0.25) is 4.79 Å². The smallest absolute Gasteiger partial charge is 0.162 e. The van der Waals surface area contributed by atoms with Crippen LogP contribution in [0.5, 0.6) is 5.75 Å². The number of carbonyl (C=O) groups excluding carboxylic acids is 1. The van der Waals surface area contributed by atoms with Crippen LogP contribution in [0.25, 0.3) is 0 Å².